The molecule has 0 saturated carbocycles. The molecule has 0 radical (unpaired) electrons. The van der Waals surface area contributed by atoms with Gasteiger partial charge in [0.15, 0.2) is 5.58 Å². The zero-order valence-electron chi connectivity index (χ0n) is 13.5. The summed E-state index contributed by atoms with van der Waals surface area (Å²) in [5.41, 5.74) is 4.34. The molecule has 0 aliphatic rings. The predicted octanol–water partition coefficient (Wildman–Crippen LogP) is 5.62. The largest absolute Gasteiger partial charge is 0.508 e. The Bertz CT molecular complexity index is 1020. The lowest BCUT2D eigenvalue weighted by Gasteiger charge is -2.19. The van der Waals surface area contributed by atoms with Crippen molar-refractivity contribution in [3.63, 3.8) is 0 Å². The smallest absolute Gasteiger partial charge is 0.227 e. The molecule has 1 aromatic heterocycles. The van der Waals surface area contributed by atoms with E-state index in [9.17, 15) is 5.11 Å². The van der Waals surface area contributed by atoms with Crippen LogP contribution < -0.4 is 4.90 Å². The zero-order valence-corrected chi connectivity index (χ0v) is 14.2. The summed E-state index contributed by atoms with van der Waals surface area (Å²) >= 11 is 5.95. The number of rotatable bonds is 3. The number of hydrogen-bond acceptors (Lipinski definition) is 4. The molecular weight excluding hydrogens is 336 g/mol. The van der Waals surface area contributed by atoms with Gasteiger partial charge in [0, 0.05) is 35.1 Å². The molecule has 0 fully saturated rings. The fourth-order valence-electron chi connectivity index (χ4n) is 2.66. The lowest BCUT2D eigenvalue weighted by molar-refractivity contribution is 0.475. The van der Waals surface area contributed by atoms with E-state index in [0.29, 0.717) is 16.5 Å². The van der Waals surface area contributed by atoms with E-state index >= 15 is 0 Å². The van der Waals surface area contributed by atoms with Crippen molar-refractivity contribution in [1.82, 2.24) is 4.98 Å². The third-order valence-electron chi connectivity index (χ3n) is 4.09. The van der Waals surface area contributed by atoms with Gasteiger partial charge in [0.05, 0.1) is 0 Å². The van der Waals surface area contributed by atoms with Crippen LogP contribution in [0, 0.1) is 0 Å². The van der Waals surface area contributed by atoms with Crippen LogP contribution in [0.4, 0.5) is 11.4 Å². The van der Waals surface area contributed by atoms with Crippen molar-refractivity contribution in [2.45, 2.75) is 0 Å². The number of aromatic nitrogens is 1. The Morgan fingerprint density at radius 2 is 1.60 bits per heavy atom. The minimum absolute atomic E-state index is 0.215. The third-order valence-corrected chi connectivity index (χ3v) is 4.34. The maximum atomic E-state index is 9.40. The summed E-state index contributed by atoms with van der Waals surface area (Å²) in [5, 5.41) is 10.1. The monoisotopic (exact) mass is 350 g/mol. The average Bonchev–Trinajstić information content (AvgIpc) is 3.05. The van der Waals surface area contributed by atoms with Gasteiger partial charge < -0.3 is 14.4 Å². The number of aromatic hydroxyl groups is 1. The fourth-order valence-corrected chi connectivity index (χ4v) is 2.79. The van der Waals surface area contributed by atoms with Gasteiger partial charge in [0.25, 0.3) is 0 Å². The van der Waals surface area contributed by atoms with E-state index in [1.165, 1.54) is 0 Å². The molecule has 1 heterocycles. The Morgan fingerprint density at radius 3 is 2.32 bits per heavy atom. The number of nitrogens with zero attached hydrogens (tertiary/aromatic N) is 2. The Balaban J connectivity index is 1.70. The molecule has 4 aromatic rings. The van der Waals surface area contributed by atoms with Crippen molar-refractivity contribution >= 4 is 34.1 Å². The Hall–Kier alpha value is -2.98. The van der Waals surface area contributed by atoms with Gasteiger partial charge in [-0.2, -0.15) is 0 Å². The van der Waals surface area contributed by atoms with Gasteiger partial charge >= 0.3 is 0 Å². The first-order valence-corrected chi connectivity index (χ1v) is 8.17. The number of benzene rings is 3. The Labute approximate surface area is 149 Å². The average molecular weight is 351 g/mol. The summed E-state index contributed by atoms with van der Waals surface area (Å²) in [4.78, 5) is 6.57. The van der Waals surface area contributed by atoms with Crippen molar-refractivity contribution in [1.29, 1.82) is 0 Å². The standard InChI is InChI=1S/C20H15ClN2O2/c1-23(15-6-4-14(21)5-7-15)16-8-11-18-19(12-16)25-20(22-18)13-2-9-17(24)10-3-13/h2-12,24H,1H3. The van der Waals surface area contributed by atoms with Crippen LogP contribution >= 0.6 is 11.6 Å². The van der Waals surface area contributed by atoms with Crippen molar-refractivity contribution in [2.75, 3.05) is 11.9 Å². The molecule has 3 aromatic carbocycles. The second kappa shape index (κ2) is 6.15. The lowest BCUT2D eigenvalue weighted by Crippen LogP contribution is -2.08. The zero-order chi connectivity index (χ0) is 17.4. The number of oxazole rings is 1. The summed E-state index contributed by atoms with van der Waals surface area (Å²) < 4.78 is 5.90. The summed E-state index contributed by atoms with van der Waals surface area (Å²) in [5.74, 6) is 0.744. The van der Waals surface area contributed by atoms with Gasteiger partial charge in [-0.25, -0.2) is 4.98 Å². The number of phenols is 1. The van der Waals surface area contributed by atoms with E-state index in [0.717, 1.165) is 22.5 Å². The molecule has 0 aliphatic carbocycles. The van der Waals surface area contributed by atoms with Crippen LogP contribution in [0.25, 0.3) is 22.6 Å². The highest BCUT2D eigenvalue weighted by atomic mass is 35.5. The van der Waals surface area contributed by atoms with E-state index in [1.807, 2.05) is 49.5 Å². The molecule has 4 nitrogen and oxygen atoms in total. The summed E-state index contributed by atoms with van der Waals surface area (Å²) in [7, 11) is 1.99. The Morgan fingerprint density at radius 1 is 0.920 bits per heavy atom. The SMILES string of the molecule is CN(c1ccc(Cl)cc1)c1ccc2nc(-c3ccc(O)cc3)oc2c1. The van der Waals surface area contributed by atoms with Gasteiger partial charge in [-0.3, -0.25) is 0 Å². The van der Waals surface area contributed by atoms with E-state index in [-0.39, 0.29) is 5.75 Å². The second-order valence-electron chi connectivity index (χ2n) is 5.75. The van der Waals surface area contributed by atoms with E-state index in [4.69, 9.17) is 16.0 Å². The second-order valence-corrected chi connectivity index (χ2v) is 6.19. The van der Waals surface area contributed by atoms with E-state index in [2.05, 4.69) is 9.88 Å². The number of phenolic OH excluding ortho intramolecular Hbond substituents is 1. The van der Waals surface area contributed by atoms with Crippen LogP contribution in [0.2, 0.25) is 5.02 Å². The van der Waals surface area contributed by atoms with Crippen molar-refractivity contribution in [3.05, 3.63) is 71.8 Å². The molecule has 0 atom stereocenters. The molecule has 0 amide bonds. The molecule has 0 aliphatic heterocycles. The van der Waals surface area contributed by atoms with Crippen LogP contribution in [-0.2, 0) is 0 Å². The number of fused-ring (bicyclic) bond motifs is 1. The van der Waals surface area contributed by atoms with Crippen molar-refractivity contribution in [3.8, 4) is 17.2 Å². The lowest BCUT2D eigenvalue weighted by atomic mass is 10.2. The first-order valence-electron chi connectivity index (χ1n) is 7.79. The topological polar surface area (TPSA) is 49.5 Å². The fraction of sp³-hybridized carbons (Fsp3) is 0.0500. The highest BCUT2D eigenvalue weighted by Gasteiger charge is 2.11. The quantitative estimate of drug-likeness (QED) is 0.521. The van der Waals surface area contributed by atoms with Crippen LogP contribution in [0.1, 0.15) is 0 Å². The molecule has 0 spiro atoms. The minimum Gasteiger partial charge on any atom is -0.508 e. The van der Waals surface area contributed by atoms with E-state index < -0.39 is 0 Å². The summed E-state index contributed by atoms with van der Waals surface area (Å²) in [6.07, 6.45) is 0. The maximum Gasteiger partial charge on any atom is 0.227 e. The first-order chi connectivity index (χ1) is 12.1. The predicted molar refractivity (Wildman–Crippen MR) is 101 cm³/mol. The van der Waals surface area contributed by atoms with Crippen LogP contribution in [0.5, 0.6) is 5.75 Å². The minimum atomic E-state index is 0.215. The highest BCUT2D eigenvalue weighted by molar-refractivity contribution is 6.30. The van der Waals surface area contributed by atoms with E-state index in [1.54, 1.807) is 24.3 Å². The molecule has 5 heteroatoms. The molecule has 25 heavy (non-hydrogen) atoms. The number of halogens is 1. The van der Waals surface area contributed by atoms with Gasteiger partial charge in [-0.1, -0.05) is 11.6 Å². The van der Waals surface area contributed by atoms with Crippen molar-refractivity contribution in [2.24, 2.45) is 0 Å². The van der Waals surface area contributed by atoms with Crippen LogP contribution in [0.3, 0.4) is 0 Å². The van der Waals surface area contributed by atoms with Gasteiger partial charge in [0.1, 0.15) is 11.3 Å². The molecule has 0 saturated heterocycles. The maximum absolute atomic E-state index is 9.40. The number of hydrogen-bond donors (Lipinski definition) is 1. The first kappa shape index (κ1) is 15.5. The van der Waals surface area contributed by atoms with Crippen molar-refractivity contribution < 1.29 is 9.52 Å². The van der Waals surface area contributed by atoms with Gasteiger partial charge in [-0.15, -0.1) is 0 Å². The number of anilines is 2. The third kappa shape index (κ3) is 3.04. The highest BCUT2D eigenvalue weighted by Crippen LogP contribution is 2.31. The molecule has 0 unspecified atom stereocenters. The summed E-state index contributed by atoms with van der Waals surface area (Å²) in [6, 6.07) is 20.3. The molecule has 4 rings (SSSR count). The molecule has 1 N–H and O–H groups in total. The Kier molecular flexibility index (Phi) is 3.82. The molecular formula is C20H15ClN2O2. The normalized spacial score (nSPS) is 11.0. The van der Waals surface area contributed by atoms with Crippen LogP contribution in [-0.4, -0.2) is 17.1 Å². The van der Waals surface area contributed by atoms with Gasteiger partial charge in [0.2, 0.25) is 5.89 Å². The summed E-state index contributed by atoms with van der Waals surface area (Å²) in [6.45, 7) is 0. The molecule has 124 valence electrons. The van der Waals surface area contributed by atoms with Gasteiger partial charge in [-0.05, 0) is 60.7 Å². The molecule has 0 bridgehead atoms. The van der Waals surface area contributed by atoms with Crippen LogP contribution in [0.15, 0.2) is 71.1 Å².